The Morgan fingerprint density at radius 2 is 2.05 bits per heavy atom. The molecule has 3 unspecified atom stereocenters. The summed E-state index contributed by atoms with van der Waals surface area (Å²) in [6.45, 7) is 6.49. The molecule has 21 heavy (non-hydrogen) atoms. The Morgan fingerprint density at radius 1 is 1.29 bits per heavy atom. The molecule has 3 atom stereocenters. The molecule has 2 saturated heterocycles. The van der Waals surface area contributed by atoms with E-state index in [0.29, 0.717) is 26.2 Å². The third kappa shape index (κ3) is 3.67. The molecule has 2 amide bonds. The highest BCUT2D eigenvalue weighted by Gasteiger charge is 2.41. The predicted molar refractivity (Wildman–Crippen MR) is 78.1 cm³/mol. The standard InChI is InChI=1S/C15H26N2O4/c1-3-9-21-12-5-4-7-16(10-12)15(20)17-8-6-11(2)13(17)14(18)19/h11-13H,3-10H2,1-2H3,(H,18,19). The molecule has 0 aliphatic carbocycles. The van der Waals surface area contributed by atoms with Crippen LogP contribution in [0.5, 0.6) is 0 Å². The third-order valence-electron chi connectivity index (χ3n) is 4.41. The maximum absolute atomic E-state index is 12.6. The number of rotatable bonds is 4. The maximum atomic E-state index is 12.6. The van der Waals surface area contributed by atoms with Gasteiger partial charge in [-0.3, -0.25) is 0 Å². The molecule has 2 aliphatic rings. The Bertz CT molecular complexity index is 388. The zero-order valence-corrected chi connectivity index (χ0v) is 13.0. The average molecular weight is 298 g/mol. The van der Waals surface area contributed by atoms with Crippen LogP contribution in [0.2, 0.25) is 0 Å². The van der Waals surface area contributed by atoms with Crippen LogP contribution in [0.1, 0.15) is 39.5 Å². The fourth-order valence-electron chi connectivity index (χ4n) is 3.25. The second-order valence-electron chi connectivity index (χ2n) is 6.11. The highest BCUT2D eigenvalue weighted by atomic mass is 16.5. The second kappa shape index (κ2) is 7.11. The average Bonchev–Trinajstić information content (AvgIpc) is 2.86. The van der Waals surface area contributed by atoms with Gasteiger partial charge >= 0.3 is 12.0 Å². The van der Waals surface area contributed by atoms with Gasteiger partial charge in [0.2, 0.25) is 0 Å². The second-order valence-corrected chi connectivity index (χ2v) is 6.11. The van der Waals surface area contributed by atoms with Crippen molar-refractivity contribution in [2.24, 2.45) is 5.92 Å². The Kier molecular flexibility index (Phi) is 5.45. The number of aliphatic carboxylic acids is 1. The molecule has 6 heteroatoms. The fraction of sp³-hybridized carbons (Fsp3) is 0.867. The number of carbonyl (C=O) groups is 2. The number of carboxylic acids is 1. The molecule has 120 valence electrons. The van der Waals surface area contributed by atoms with Gasteiger partial charge in [0, 0.05) is 26.2 Å². The monoisotopic (exact) mass is 298 g/mol. The summed E-state index contributed by atoms with van der Waals surface area (Å²) >= 11 is 0. The molecule has 0 bridgehead atoms. The zero-order chi connectivity index (χ0) is 15.4. The number of nitrogens with zero attached hydrogens (tertiary/aromatic N) is 2. The predicted octanol–water partition coefficient (Wildman–Crippen LogP) is 1.79. The van der Waals surface area contributed by atoms with Crippen molar-refractivity contribution in [2.75, 3.05) is 26.2 Å². The van der Waals surface area contributed by atoms with Crippen LogP contribution in [0.25, 0.3) is 0 Å². The molecule has 2 fully saturated rings. The van der Waals surface area contributed by atoms with Crippen LogP contribution in [0.4, 0.5) is 4.79 Å². The number of ether oxygens (including phenoxy) is 1. The topological polar surface area (TPSA) is 70.1 Å². The summed E-state index contributed by atoms with van der Waals surface area (Å²) in [4.78, 5) is 27.3. The molecule has 0 radical (unpaired) electrons. The smallest absolute Gasteiger partial charge is 0.326 e. The van der Waals surface area contributed by atoms with Crippen molar-refractivity contribution in [3.8, 4) is 0 Å². The van der Waals surface area contributed by atoms with Crippen molar-refractivity contribution in [3.05, 3.63) is 0 Å². The van der Waals surface area contributed by atoms with Crippen LogP contribution < -0.4 is 0 Å². The van der Waals surface area contributed by atoms with Crippen LogP contribution >= 0.6 is 0 Å². The van der Waals surface area contributed by atoms with E-state index in [1.807, 2.05) is 6.92 Å². The van der Waals surface area contributed by atoms with E-state index >= 15 is 0 Å². The van der Waals surface area contributed by atoms with E-state index in [2.05, 4.69) is 6.92 Å². The lowest BCUT2D eigenvalue weighted by molar-refractivity contribution is -0.142. The van der Waals surface area contributed by atoms with Gasteiger partial charge in [-0.1, -0.05) is 13.8 Å². The minimum atomic E-state index is -0.899. The van der Waals surface area contributed by atoms with Gasteiger partial charge in [-0.15, -0.1) is 0 Å². The van der Waals surface area contributed by atoms with E-state index in [1.165, 1.54) is 4.90 Å². The van der Waals surface area contributed by atoms with Crippen LogP contribution in [-0.2, 0) is 9.53 Å². The van der Waals surface area contributed by atoms with E-state index < -0.39 is 12.0 Å². The Morgan fingerprint density at radius 3 is 2.71 bits per heavy atom. The number of amides is 2. The summed E-state index contributed by atoms with van der Waals surface area (Å²) in [6.07, 6.45) is 3.71. The highest BCUT2D eigenvalue weighted by Crippen LogP contribution is 2.26. The van der Waals surface area contributed by atoms with Crippen LogP contribution in [0, 0.1) is 5.92 Å². The molecule has 6 nitrogen and oxygen atoms in total. The largest absolute Gasteiger partial charge is 0.480 e. The number of hydrogen-bond donors (Lipinski definition) is 1. The van der Waals surface area contributed by atoms with Crippen molar-refractivity contribution in [2.45, 2.75) is 51.7 Å². The molecule has 0 saturated carbocycles. The van der Waals surface area contributed by atoms with Crippen molar-refractivity contribution in [1.29, 1.82) is 0 Å². The summed E-state index contributed by atoms with van der Waals surface area (Å²) in [6, 6.07) is -0.828. The van der Waals surface area contributed by atoms with E-state index in [9.17, 15) is 14.7 Å². The number of urea groups is 1. The molecule has 2 heterocycles. The van der Waals surface area contributed by atoms with Crippen molar-refractivity contribution in [1.82, 2.24) is 9.80 Å². The lowest BCUT2D eigenvalue weighted by Crippen LogP contribution is -2.53. The molecule has 0 aromatic rings. The minimum absolute atomic E-state index is 0.0170. The Balaban J connectivity index is 1.97. The van der Waals surface area contributed by atoms with Gasteiger partial charge in [0.1, 0.15) is 6.04 Å². The van der Waals surface area contributed by atoms with Gasteiger partial charge in [0.05, 0.1) is 6.10 Å². The number of hydrogen-bond acceptors (Lipinski definition) is 3. The third-order valence-corrected chi connectivity index (χ3v) is 4.41. The molecule has 2 aliphatic heterocycles. The minimum Gasteiger partial charge on any atom is -0.480 e. The lowest BCUT2D eigenvalue weighted by atomic mass is 10.0. The van der Waals surface area contributed by atoms with Gasteiger partial charge in [-0.2, -0.15) is 0 Å². The molecular formula is C15H26N2O4. The first kappa shape index (κ1) is 16.1. The molecular weight excluding hydrogens is 272 g/mol. The lowest BCUT2D eigenvalue weighted by Gasteiger charge is -2.36. The first-order valence-corrected chi connectivity index (χ1v) is 7.94. The van der Waals surface area contributed by atoms with Gasteiger partial charge in [0.15, 0.2) is 0 Å². The van der Waals surface area contributed by atoms with Crippen molar-refractivity contribution < 1.29 is 19.4 Å². The Labute approximate surface area is 126 Å². The molecule has 0 aromatic carbocycles. The maximum Gasteiger partial charge on any atom is 0.326 e. The summed E-state index contributed by atoms with van der Waals surface area (Å²) < 4.78 is 5.74. The number of carboxylic acid groups (broad SMARTS) is 1. The van der Waals surface area contributed by atoms with Gasteiger partial charge in [-0.05, 0) is 31.6 Å². The van der Waals surface area contributed by atoms with E-state index in [4.69, 9.17) is 4.74 Å². The summed E-state index contributed by atoms with van der Waals surface area (Å²) in [5.74, 6) is -0.882. The highest BCUT2D eigenvalue weighted by molar-refractivity contribution is 5.83. The molecule has 0 aromatic heterocycles. The van der Waals surface area contributed by atoms with Crippen LogP contribution in [-0.4, -0.2) is 65.3 Å². The van der Waals surface area contributed by atoms with E-state index in [-0.39, 0.29) is 18.1 Å². The molecule has 0 spiro atoms. The first-order chi connectivity index (χ1) is 10.0. The van der Waals surface area contributed by atoms with Gasteiger partial charge in [-0.25, -0.2) is 9.59 Å². The van der Waals surface area contributed by atoms with E-state index in [1.54, 1.807) is 4.90 Å². The first-order valence-electron chi connectivity index (χ1n) is 7.94. The van der Waals surface area contributed by atoms with Crippen molar-refractivity contribution >= 4 is 12.0 Å². The van der Waals surface area contributed by atoms with Gasteiger partial charge < -0.3 is 19.6 Å². The molecule has 2 rings (SSSR count). The number of carbonyl (C=O) groups excluding carboxylic acids is 1. The number of likely N-dealkylation sites (tertiary alicyclic amines) is 2. The van der Waals surface area contributed by atoms with Crippen LogP contribution in [0.3, 0.4) is 0 Å². The summed E-state index contributed by atoms with van der Waals surface area (Å²) in [7, 11) is 0. The fourth-order valence-corrected chi connectivity index (χ4v) is 3.25. The summed E-state index contributed by atoms with van der Waals surface area (Å²) in [5.41, 5.74) is 0. The number of piperidine rings is 1. The quantitative estimate of drug-likeness (QED) is 0.859. The molecule has 1 N–H and O–H groups in total. The zero-order valence-electron chi connectivity index (χ0n) is 13.0. The van der Waals surface area contributed by atoms with E-state index in [0.717, 1.165) is 25.7 Å². The van der Waals surface area contributed by atoms with Crippen LogP contribution in [0.15, 0.2) is 0 Å². The van der Waals surface area contributed by atoms with Crippen molar-refractivity contribution in [3.63, 3.8) is 0 Å². The normalized spacial score (nSPS) is 29.7. The Hall–Kier alpha value is -1.30. The van der Waals surface area contributed by atoms with Gasteiger partial charge in [0.25, 0.3) is 0 Å². The summed E-state index contributed by atoms with van der Waals surface area (Å²) in [5, 5.41) is 9.33. The SMILES string of the molecule is CCCOC1CCCN(C(=O)N2CCC(C)C2C(=O)O)C1.